The molecule has 0 atom stereocenters. The first kappa shape index (κ1) is 23.3. The molecule has 33 heavy (non-hydrogen) atoms. The van der Waals surface area contributed by atoms with Crippen LogP contribution in [0.3, 0.4) is 0 Å². The molecule has 0 spiro atoms. The lowest BCUT2D eigenvalue weighted by atomic mass is 10.2. The molecule has 2 amide bonds. The molecule has 8 heteroatoms. The van der Waals surface area contributed by atoms with Gasteiger partial charge in [-0.3, -0.25) is 9.59 Å². The van der Waals surface area contributed by atoms with Crippen LogP contribution in [0.2, 0.25) is 0 Å². The molecule has 0 unspecified atom stereocenters. The van der Waals surface area contributed by atoms with Crippen molar-refractivity contribution in [3.63, 3.8) is 0 Å². The topological polar surface area (TPSA) is 103 Å². The van der Waals surface area contributed by atoms with Crippen LogP contribution in [0.1, 0.15) is 27.6 Å². The molecule has 0 aromatic heterocycles. The highest BCUT2D eigenvalue weighted by molar-refractivity contribution is 6.04. The molecule has 0 heterocycles. The van der Waals surface area contributed by atoms with Gasteiger partial charge in [-0.05, 0) is 79.7 Å². The van der Waals surface area contributed by atoms with E-state index < -0.39 is 18.5 Å². The standard InChI is InChI=1S/C25H24N2O6/c1-3-32-22-14-10-20(11-15-22)27-24(29)17-4-8-19(9-5-17)26-23(28)16-33-25(30)18-6-12-21(31-2)13-7-18/h4-15H,3,16H2,1-2H3,(H,26,28)(H,27,29). The summed E-state index contributed by atoms with van der Waals surface area (Å²) in [6, 6.07) is 19.8. The predicted molar refractivity (Wildman–Crippen MR) is 124 cm³/mol. The van der Waals surface area contributed by atoms with E-state index in [2.05, 4.69) is 10.6 Å². The maximum absolute atomic E-state index is 12.4. The van der Waals surface area contributed by atoms with E-state index in [9.17, 15) is 14.4 Å². The van der Waals surface area contributed by atoms with Crippen LogP contribution in [-0.2, 0) is 9.53 Å². The van der Waals surface area contributed by atoms with Gasteiger partial charge in [-0.1, -0.05) is 0 Å². The molecular formula is C25H24N2O6. The maximum Gasteiger partial charge on any atom is 0.338 e. The zero-order valence-electron chi connectivity index (χ0n) is 18.3. The van der Waals surface area contributed by atoms with Gasteiger partial charge in [0, 0.05) is 16.9 Å². The van der Waals surface area contributed by atoms with Gasteiger partial charge >= 0.3 is 5.97 Å². The van der Waals surface area contributed by atoms with E-state index >= 15 is 0 Å². The molecule has 3 aromatic rings. The molecule has 0 fully saturated rings. The first-order chi connectivity index (χ1) is 16.0. The summed E-state index contributed by atoms with van der Waals surface area (Å²) >= 11 is 0. The van der Waals surface area contributed by atoms with E-state index in [0.29, 0.717) is 34.9 Å². The Balaban J connectivity index is 1.48. The van der Waals surface area contributed by atoms with Gasteiger partial charge in [0.25, 0.3) is 11.8 Å². The third-order valence-electron chi connectivity index (χ3n) is 4.51. The number of methoxy groups -OCH3 is 1. The van der Waals surface area contributed by atoms with Gasteiger partial charge < -0.3 is 24.8 Å². The number of anilines is 2. The zero-order chi connectivity index (χ0) is 23.6. The number of esters is 1. The molecule has 0 aliphatic carbocycles. The summed E-state index contributed by atoms with van der Waals surface area (Å²) < 4.78 is 15.4. The quantitative estimate of drug-likeness (QED) is 0.477. The van der Waals surface area contributed by atoms with Crippen LogP contribution in [0.4, 0.5) is 11.4 Å². The average molecular weight is 448 g/mol. The Morgan fingerprint density at radius 1 is 0.727 bits per heavy atom. The number of hydrogen-bond donors (Lipinski definition) is 2. The molecule has 0 aliphatic rings. The Bertz CT molecular complexity index is 1090. The van der Waals surface area contributed by atoms with Crippen molar-refractivity contribution >= 4 is 29.2 Å². The first-order valence-electron chi connectivity index (χ1n) is 10.2. The van der Waals surface area contributed by atoms with Gasteiger partial charge in [0.1, 0.15) is 11.5 Å². The third-order valence-corrected chi connectivity index (χ3v) is 4.51. The van der Waals surface area contributed by atoms with Crippen LogP contribution in [0.25, 0.3) is 0 Å². The summed E-state index contributed by atoms with van der Waals surface area (Å²) in [5.41, 5.74) is 1.84. The van der Waals surface area contributed by atoms with Gasteiger partial charge in [0.15, 0.2) is 6.61 Å². The number of ether oxygens (including phenoxy) is 3. The molecule has 0 radical (unpaired) electrons. The van der Waals surface area contributed by atoms with Crippen LogP contribution in [0.5, 0.6) is 11.5 Å². The van der Waals surface area contributed by atoms with Gasteiger partial charge in [0.05, 0.1) is 19.3 Å². The van der Waals surface area contributed by atoms with Crippen molar-refractivity contribution < 1.29 is 28.6 Å². The van der Waals surface area contributed by atoms with Crippen LogP contribution in [0.15, 0.2) is 72.8 Å². The molecule has 0 bridgehead atoms. The van der Waals surface area contributed by atoms with Crippen LogP contribution in [0, 0.1) is 0 Å². The molecule has 3 aromatic carbocycles. The summed E-state index contributed by atoms with van der Waals surface area (Å²) in [6.07, 6.45) is 0. The van der Waals surface area contributed by atoms with Crippen LogP contribution >= 0.6 is 0 Å². The number of carbonyl (C=O) groups excluding carboxylic acids is 3. The normalized spacial score (nSPS) is 10.1. The number of rotatable bonds is 9. The summed E-state index contributed by atoms with van der Waals surface area (Å²) in [5.74, 6) is -0.0609. The molecule has 0 saturated carbocycles. The lowest BCUT2D eigenvalue weighted by molar-refractivity contribution is -0.119. The van der Waals surface area contributed by atoms with E-state index in [0.717, 1.165) is 5.75 Å². The van der Waals surface area contributed by atoms with E-state index in [4.69, 9.17) is 14.2 Å². The van der Waals surface area contributed by atoms with E-state index in [1.165, 1.54) is 7.11 Å². The largest absolute Gasteiger partial charge is 0.497 e. The summed E-state index contributed by atoms with van der Waals surface area (Å²) in [6.45, 7) is 2.03. The Hall–Kier alpha value is -4.33. The fourth-order valence-electron chi connectivity index (χ4n) is 2.85. The maximum atomic E-state index is 12.4. The second kappa shape index (κ2) is 11.3. The Labute approximate surface area is 191 Å². The van der Waals surface area contributed by atoms with Crippen molar-refractivity contribution in [1.82, 2.24) is 0 Å². The number of amides is 2. The highest BCUT2D eigenvalue weighted by atomic mass is 16.5. The minimum atomic E-state index is -0.617. The van der Waals surface area contributed by atoms with Crippen molar-refractivity contribution in [2.75, 3.05) is 31.0 Å². The molecule has 170 valence electrons. The average Bonchev–Trinajstić information content (AvgIpc) is 2.84. The monoisotopic (exact) mass is 448 g/mol. The van der Waals surface area contributed by atoms with Crippen molar-refractivity contribution in [2.45, 2.75) is 6.92 Å². The Morgan fingerprint density at radius 2 is 1.27 bits per heavy atom. The summed E-state index contributed by atoms with van der Waals surface area (Å²) in [7, 11) is 1.53. The van der Waals surface area contributed by atoms with Gasteiger partial charge in [0.2, 0.25) is 0 Å². The molecule has 3 rings (SSSR count). The first-order valence-corrected chi connectivity index (χ1v) is 10.2. The number of benzene rings is 3. The smallest absolute Gasteiger partial charge is 0.338 e. The van der Waals surface area contributed by atoms with E-state index in [-0.39, 0.29) is 5.91 Å². The molecule has 8 nitrogen and oxygen atoms in total. The number of nitrogens with one attached hydrogen (secondary N) is 2. The second-order valence-electron chi connectivity index (χ2n) is 6.84. The highest BCUT2D eigenvalue weighted by Crippen LogP contribution is 2.17. The highest BCUT2D eigenvalue weighted by Gasteiger charge is 2.11. The Kier molecular flexibility index (Phi) is 8.02. The predicted octanol–water partition coefficient (Wildman–Crippen LogP) is 4.14. The van der Waals surface area contributed by atoms with Crippen molar-refractivity contribution in [2.24, 2.45) is 0 Å². The minimum absolute atomic E-state index is 0.287. The summed E-state index contributed by atoms with van der Waals surface area (Å²) in [4.78, 5) is 36.5. The zero-order valence-corrected chi connectivity index (χ0v) is 18.3. The van der Waals surface area contributed by atoms with Crippen molar-refractivity contribution in [1.29, 1.82) is 0 Å². The third kappa shape index (κ3) is 6.83. The minimum Gasteiger partial charge on any atom is -0.497 e. The summed E-state index contributed by atoms with van der Waals surface area (Å²) in [5, 5.41) is 5.42. The fraction of sp³-hybridized carbons (Fsp3) is 0.160. The van der Waals surface area contributed by atoms with Crippen LogP contribution < -0.4 is 20.1 Å². The second-order valence-corrected chi connectivity index (χ2v) is 6.84. The number of carbonyl (C=O) groups is 3. The molecule has 0 saturated heterocycles. The fourth-order valence-corrected chi connectivity index (χ4v) is 2.85. The SMILES string of the molecule is CCOc1ccc(NC(=O)c2ccc(NC(=O)COC(=O)c3ccc(OC)cc3)cc2)cc1. The van der Waals surface area contributed by atoms with Crippen molar-refractivity contribution in [3.05, 3.63) is 83.9 Å². The van der Waals surface area contributed by atoms with Crippen molar-refractivity contribution in [3.8, 4) is 11.5 Å². The Morgan fingerprint density at radius 3 is 1.88 bits per heavy atom. The van der Waals surface area contributed by atoms with Gasteiger partial charge in [-0.2, -0.15) is 0 Å². The van der Waals surface area contributed by atoms with E-state index in [1.807, 2.05) is 6.92 Å². The lowest BCUT2D eigenvalue weighted by Crippen LogP contribution is -2.21. The van der Waals surface area contributed by atoms with Crippen LogP contribution in [-0.4, -0.2) is 38.1 Å². The number of hydrogen-bond acceptors (Lipinski definition) is 6. The van der Waals surface area contributed by atoms with Gasteiger partial charge in [-0.25, -0.2) is 4.79 Å². The lowest BCUT2D eigenvalue weighted by Gasteiger charge is -2.09. The molecular weight excluding hydrogens is 424 g/mol. The van der Waals surface area contributed by atoms with Gasteiger partial charge in [-0.15, -0.1) is 0 Å². The van der Waals surface area contributed by atoms with E-state index in [1.54, 1.807) is 72.8 Å². The molecule has 2 N–H and O–H groups in total. The molecule has 0 aliphatic heterocycles.